The molecule has 1 aromatic carbocycles. The zero-order valence-corrected chi connectivity index (χ0v) is 7.59. The minimum atomic E-state index is -4.05. The van der Waals surface area contributed by atoms with Crippen LogP contribution in [-0.2, 0) is 0 Å². The number of benzene rings is 1. The highest BCUT2D eigenvalue weighted by Gasteiger charge is 2.25. The fourth-order valence-electron chi connectivity index (χ4n) is 1.03. The lowest BCUT2D eigenvalue weighted by Crippen LogP contribution is -2.05. The summed E-state index contributed by atoms with van der Waals surface area (Å²) in [6.07, 6.45) is -1.52. The molecule has 1 rings (SSSR count). The Morgan fingerprint density at radius 1 is 1.07 bits per heavy atom. The minimum absolute atomic E-state index is 0.0401. The molecule has 0 aliphatic heterocycles. The van der Waals surface area contributed by atoms with Crippen LogP contribution in [0.15, 0.2) is 36.4 Å². The van der Waals surface area contributed by atoms with Crippen molar-refractivity contribution in [2.24, 2.45) is 0 Å². The molecule has 0 aromatic heterocycles. The van der Waals surface area contributed by atoms with Gasteiger partial charge < -0.3 is 0 Å². The molecule has 0 radical (unpaired) electrons. The van der Waals surface area contributed by atoms with Gasteiger partial charge in [-0.2, -0.15) is 13.2 Å². The Balaban J connectivity index is 2.35. The van der Waals surface area contributed by atoms with Crippen molar-refractivity contribution in [1.29, 1.82) is 0 Å². The summed E-state index contributed by atoms with van der Waals surface area (Å²) in [5.41, 5.74) is 0.926. The first-order valence-corrected chi connectivity index (χ1v) is 4.36. The third-order valence-corrected chi connectivity index (χ3v) is 1.70. The maximum Gasteiger partial charge on any atom is 0.389 e. The number of hydrogen-bond acceptors (Lipinski definition) is 0. The molecule has 0 fully saturated rings. The van der Waals surface area contributed by atoms with E-state index in [0.29, 0.717) is 0 Å². The third-order valence-electron chi connectivity index (χ3n) is 1.70. The number of alkyl halides is 3. The summed E-state index contributed by atoms with van der Waals surface area (Å²) < 4.78 is 35.2. The topological polar surface area (TPSA) is 0 Å². The summed E-state index contributed by atoms with van der Waals surface area (Å²) in [5.74, 6) is 0. The average molecular weight is 200 g/mol. The van der Waals surface area contributed by atoms with Crippen molar-refractivity contribution in [2.75, 3.05) is 0 Å². The van der Waals surface area contributed by atoms with Gasteiger partial charge in [0.25, 0.3) is 0 Å². The zero-order chi connectivity index (χ0) is 10.4. The molecule has 0 bridgehead atoms. The Morgan fingerprint density at radius 2 is 1.71 bits per heavy atom. The van der Waals surface area contributed by atoms with Gasteiger partial charge in [0.1, 0.15) is 0 Å². The van der Waals surface area contributed by atoms with Gasteiger partial charge in [0.2, 0.25) is 0 Å². The lowest BCUT2D eigenvalue weighted by Gasteiger charge is -2.01. The van der Waals surface area contributed by atoms with Crippen LogP contribution in [0.25, 0.3) is 6.08 Å². The Kier molecular flexibility index (Phi) is 3.74. The molecule has 76 valence electrons. The zero-order valence-electron chi connectivity index (χ0n) is 7.59. The van der Waals surface area contributed by atoms with Crippen LogP contribution >= 0.6 is 0 Å². The average Bonchev–Trinajstić information content (AvgIpc) is 2.13. The SMILES string of the molecule is FC(F)(F)CCC=Cc1ccccc1. The second-order valence-corrected chi connectivity index (χ2v) is 2.97. The Morgan fingerprint density at radius 3 is 2.29 bits per heavy atom. The van der Waals surface area contributed by atoms with Gasteiger partial charge in [0.05, 0.1) is 0 Å². The molecule has 0 unspecified atom stereocenters. The maximum atomic E-state index is 11.7. The van der Waals surface area contributed by atoms with Crippen LogP contribution in [-0.4, -0.2) is 6.18 Å². The largest absolute Gasteiger partial charge is 0.389 e. The predicted octanol–water partition coefficient (Wildman–Crippen LogP) is 4.04. The van der Waals surface area contributed by atoms with E-state index >= 15 is 0 Å². The molecule has 0 aliphatic carbocycles. The Labute approximate surface area is 81.1 Å². The van der Waals surface area contributed by atoms with E-state index in [4.69, 9.17) is 0 Å². The van der Waals surface area contributed by atoms with Crippen molar-refractivity contribution in [3.8, 4) is 0 Å². The van der Waals surface area contributed by atoms with Gasteiger partial charge in [0.15, 0.2) is 0 Å². The smallest absolute Gasteiger partial charge is 0.171 e. The highest BCUT2D eigenvalue weighted by molar-refractivity contribution is 5.48. The van der Waals surface area contributed by atoms with E-state index in [1.165, 1.54) is 0 Å². The molecular weight excluding hydrogens is 189 g/mol. The highest BCUT2D eigenvalue weighted by atomic mass is 19.4. The lowest BCUT2D eigenvalue weighted by molar-refractivity contribution is -0.133. The van der Waals surface area contributed by atoms with Crippen molar-refractivity contribution in [3.05, 3.63) is 42.0 Å². The Bertz CT molecular complexity index is 285. The number of rotatable bonds is 3. The Hall–Kier alpha value is -1.25. The van der Waals surface area contributed by atoms with Gasteiger partial charge in [-0.25, -0.2) is 0 Å². The third kappa shape index (κ3) is 4.70. The lowest BCUT2D eigenvalue weighted by atomic mass is 10.2. The van der Waals surface area contributed by atoms with Gasteiger partial charge in [-0.3, -0.25) is 0 Å². The molecule has 0 aliphatic rings. The van der Waals surface area contributed by atoms with Crippen molar-refractivity contribution in [1.82, 2.24) is 0 Å². The molecule has 1 aromatic rings. The fraction of sp³-hybridized carbons (Fsp3) is 0.273. The molecule has 0 saturated carbocycles. The quantitative estimate of drug-likeness (QED) is 0.690. The molecule has 0 N–H and O–H groups in total. The van der Waals surface area contributed by atoms with Crippen molar-refractivity contribution in [2.45, 2.75) is 19.0 Å². The molecule has 0 amide bonds. The molecular formula is C11H11F3. The van der Waals surface area contributed by atoms with Gasteiger partial charge in [-0.1, -0.05) is 42.5 Å². The standard InChI is InChI=1S/C11H11F3/c12-11(13,14)9-5-4-8-10-6-2-1-3-7-10/h1-4,6-8H,5,9H2. The first kappa shape index (κ1) is 10.8. The normalized spacial score (nSPS) is 12.2. The monoisotopic (exact) mass is 200 g/mol. The predicted molar refractivity (Wildman–Crippen MR) is 50.8 cm³/mol. The van der Waals surface area contributed by atoms with Crippen molar-refractivity contribution >= 4 is 6.08 Å². The summed E-state index contributed by atoms with van der Waals surface area (Å²) in [4.78, 5) is 0. The van der Waals surface area contributed by atoms with Gasteiger partial charge in [0, 0.05) is 6.42 Å². The summed E-state index contributed by atoms with van der Waals surface area (Å²) in [5, 5.41) is 0. The first-order chi connectivity index (χ1) is 6.58. The van der Waals surface area contributed by atoms with Crippen molar-refractivity contribution < 1.29 is 13.2 Å². The van der Waals surface area contributed by atoms with E-state index in [2.05, 4.69) is 0 Å². The molecule has 0 atom stereocenters. The van der Waals surface area contributed by atoms with Crippen LogP contribution in [0.5, 0.6) is 0 Å². The van der Waals surface area contributed by atoms with Gasteiger partial charge in [-0.15, -0.1) is 0 Å². The van der Waals surface area contributed by atoms with Crippen LogP contribution < -0.4 is 0 Å². The van der Waals surface area contributed by atoms with Crippen LogP contribution in [0.2, 0.25) is 0 Å². The van der Waals surface area contributed by atoms with Crippen LogP contribution in [0.4, 0.5) is 13.2 Å². The second kappa shape index (κ2) is 4.84. The number of hydrogen-bond donors (Lipinski definition) is 0. The summed E-state index contributed by atoms with van der Waals surface area (Å²) in [6.45, 7) is 0. The molecule has 0 spiro atoms. The molecule has 14 heavy (non-hydrogen) atoms. The molecule has 0 heterocycles. The minimum Gasteiger partial charge on any atom is -0.171 e. The highest BCUT2D eigenvalue weighted by Crippen LogP contribution is 2.21. The van der Waals surface area contributed by atoms with E-state index in [1.807, 2.05) is 30.3 Å². The first-order valence-electron chi connectivity index (χ1n) is 4.36. The number of halogens is 3. The van der Waals surface area contributed by atoms with Gasteiger partial charge >= 0.3 is 6.18 Å². The summed E-state index contributed by atoms with van der Waals surface area (Å²) in [6, 6.07) is 9.27. The number of allylic oxidation sites excluding steroid dienone is 1. The van der Waals surface area contributed by atoms with E-state index in [0.717, 1.165) is 5.56 Å². The second-order valence-electron chi connectivity index (χ2n) is 2.97. The van der Waals surface area contributed by atoms with E-state index < -0.39 is 12.6 Å². The van der Waals surface area contributed by atoms with E-state index in [-0.39, 0.29) is 6.42 Å². The summed E-state index contributed by atoms with van der Waals surface area (Å²) >= 11 is 0. The maximum absolute atomic E-state index is 11.7. The molecule has 0 saturated heterocycles. The van der Waals surface area contributed by atoms with Gasteiger partial charge in [-0.05, 0) is 12.0 Å². The molecule has 0 nitrogen and oxygen atoms in total. The van der Waals surface area contributed by atoms with E-state index in [1.54, 1.807) is 12.2 Å². The van der Waals surface area contributed by atoms with Crippen LogP contribution in [0, 0.1) is 0 Å². The van der Waals surface area contributed by atoms with Crippen molar-refractivity contribution in [3.63, 3.8) is 0 Å². The summed E-state index contributed by atoms with van der Waals surface area (Å²) in [7, 11) is 0. The van der Waals surface area contributed by atoms with E-state index in [9.17, 15) is 13.2 Å². The van der Waals surface area contributed by atoms with Crippen LogP contribution in [0.1, 0.15) is 18.4 Å². The molecule has 3 heteroatoms. The fourth-order valence-corrected chi connectivity index (χ4v) is 1.03. The van der Waals surface area contributed by atoms with Crippen LogP contribution in [0.3, 0.4) is 0 Å².